The molecule has 0 heterocycles. The lowest BCUT2D eigenvalue weighted by Crippen LogP contribution is -2.40. The van der Waals surface area contributed by atoms with Gasteiger partial charge in [0.25, 0.3) is 0 Å². The molecule has 0 spiro atoms. The van der Waals surface area contributed by atoms with Gasteiger partial charge in [-0.1, -0.05) is 19.3 Å². The average Bonchev–Trinajstić information content (AvgIpc) is 2.19. The summed E-state index contributed by atoms with van der Waals surface area (Å²) < 4.78 is 59.4. The van der Waals surface area contributed by atoms with Crippen molar-refractivity contribution in [3.63, 3.8) is 0 Å². The van der Waals surface area contributed by atoms with E-state index in [1.165, 1.54) is 0 Å². The van der Waals surface area contributed by atoms with Crippen molar-refractivity contribution in [2.45, 2.75) is 56.3 Å². The molecular weight excluding hydrogens is 270 g/mol. The number of hydrogen-bond donors (Lipinski definition) is 1. The summed E-state index contributed by atoms with van der Waals surface area (Å²) in [7, 11) is -5.78. The molecule has 1 aliphatic rings. The van der Waals surface area contributed by atoms with Gasteiger partial charge in [-0.15, -0.1) is 0 Å². The summed E-state index contributed by atoms with van der Waals surface area (Å²) >= 11 is 0. The fourth-order valence-corrected chi connectivity index (χ4v) is 2.12. The summed E-state index contributed by atoms with van der Waals surface area (Å²) in [5, 5.41) is -4.89. The number of carbonyl (C=O) groups excluding carboxylic acids is 1. The highest BCUT2D eigenvalue weighted by Crippen LogP contribution is 2.26. The van der Waals surface area contributed by atoms with Crippen molar-refractivity contribution in [2.75, 3.05) is 0 Å². The van der Waals surface area contributed by atoms with Crippen LogP contribution in [0.2, 0.25) is 0 Å². The van der Waals surface area contributed by atoms with Crippen molar-refractivity contribution in [1.82, 2.24) is 0 Å². The minimum absolute atomic E-state index is 0.438. The Morgan fingerprint density at radius 3 is 2.00 bits per heavy atom. The van der Waals surface area contributed by atoms with Crippen LogP contribution in [-0.2, 0) is 19.6 Å². The third-order valence-electron chi connectivity index (χ3n) is 2.89. The van der Waals surface area contributed by atoms with Crippen LogP contribution in [0.1, 0.15) is 44.9 Å². The summed E-state index contributed by atoms with van der Waals surface area (Å²) in [6, 6.07) is 0. The Morgan fingerprint density at radius 1 is 1.11 bits per heavy atom. The predicted molar refractivity (Wildman–Crippen MR) is 58.7 cm³/mol. The molecule has 0 aromatic heterocycles. The Bertz CT molecular complexity index is 385. The smallest absolute Gasteiger partial charge is 0.457 e. The Morgan fingerprint density at radius 2 is 1.56 bits per heavy atom. The molecule has 0 unspecified atom stereocenters. The number of halogens is 2. The summed E-state index contributed by atoms with van der Waals surface area (Å²) in [6.07, 6.45) is 4.59. The predicted octanol–water partition coefficient (Wildman–Crippen LogP) is 2.12. The Labute approximate surface area is 104 Å². The van der Waals surface area contributed by atoms with Crippen LogP contribution in [-0.4, -0.2) is 30.3 Å². The second-order valence-electron chi connectivity index (χ2n) is 4.36. The molecule has 0 bridgehead atoms. The third kappa shape index (κ3) is 3.88. The van der Waals surface area contributed by atoms with Gasteiger partial charge in [-0.2, -0.15) is 17.2 Å². The van der Waals surface area contributed by atoms with Gasteiger partial charge in [0.15, 0.2) is 0 Å². The molecule has 0 radical (unpaired) electrons. The summed E-state index contributed by atoms with van der Waals surface area (Å²) in [5.74, 6) is -2.20. The molecule has 1 saturated carbocycles. The lowest BCUT2D eigenvalue weighted by atomic mass is 9.99. The molecule has 1 fully saturated rings. The van der Waals surface area contributed by atoms with Gasteiger partial charge < -0.3 is 4.74 Å². The van der Waals surface area contributed by atoms with Crippen LogP contribution in [0.3, 0.4) is 0 Å². The van der Waals surface area contributed by atoms with Gasteiger partial charge in [0, 0.05) is 0 Å². The van der Waals surface area contributed by atoms with Crippen molar-refractivity contribution in [3.05, 3.63) is 0 Å². The fraction of sp³-hybridized carbons (Fsp3) is 0.900. The Kier molecular flexibility index (Phi) is 5.03. The summed E-state index contributed by atoms with van der Waals surface area (Å²) in [5.41, 5.74) is 0. The summed E-state index contributed by atoms with van der Waals surface area (Å²) in [4.78, 5) is 11.1. The van der Waals surface area contributed by atoms with Gasteiger partial charge in [0.05, 0.1) is 0 Å². The summed E-state index contributed by atoms with van der Waals surface area (Å²) in [6.45, 7) is 0. The second-order valence-corrected chi connectivity index (χ2v) is 5.83. The molecule has 0 aliphatic heterocycles. The zero-order chi connectivity index (χ0) is 13.8. The number of esters is 1. The van der Waals surface area contributed by atoms with Gasteiger partial charge in [0.1, 0.15) is 6.10 Å². The molecule has 0 saturated heterocycles. The van der Waals surface area contributed by atoms with E-state index in [0.717, 1.165) is 32.1 Å². The molecule has 0 amide bonds. The lowest BCUT2D eigenvalue weighted by molar-refractivity contribution is -0.168. The van der Waals surface area contributed by atoms with E-state index in [9.17, 15) is 22.0 Å². The number of rotatable bonds is 3. The van der Waals surface area contributed by atoms with E-state index >= 15 is 0 Å². The van der Waals surface area contributed by atoms with Gasteiger partial charge >= 0.3 is 21.3 Å². The molecule has 8 heteroatoms. The number of hydrogen-bond acceptors (Lipinski definition) is 4. The highest BCUT2D eigenvalue weighted by molar-refractivity contribution is 7.87. The molecule has 18 heavy (non-hydrogen) atoms. The van der Waals surface area contributed by atoms with Gasteiger partial charge in [-0.25, -0.2) is 4.79 Å². The molecule has 0 atom stereocenters. The van der Waals surface area contributed by atoms with Crippen molar-refractivity contribution in [1.29, 1.82) is 0 Å². The fourth-order valence-electron chi connectivity index (χ4n) is 1.86. The number of carbonyl (C=O) groups is 1. The SMILES string of the molecule is O=C(OC1CCCCCCC1)C(F)(F)S(=O)(=O)O. The van der Waals surface area contributed by atoms with Crippen LogP contribution in [0, 0.1) is 0 Å². The van der Waals surface area contributed by atoms with Gasteiger partial charge in [0.2, 0.25) is 0 Å². The molecule has 5 nitrogen and oxygen atoms in total. The molecule has 1 rings (SSSR count). The van der Waals surface area contributed by atoms with Gasteiger partial charge in [-0.05, 0) is 25.7 Å². The van der Waals surface area contributed by atoms with Crippen LogP contribution >= 0.6 is 0 Å². The van der Waals surface area contributed by atoms with Crippen molar-refractivity contribution in [3.8, 4) is 0 Å². The second kappa shape index (κ2) is 5.92. The van der Waals surface area contributed by atoms with Crippen LogP contribution < -0.4 is 0 Å². The minimum atomic E-state index is -5.78. The van der Waals surface area contributed by atoms with Gasteiger partial charge in [-0.3, -0.25) is 4.55 Å². The zero-order valence-corrected chi connectivity index (χ0v) is 10.6. The zero-order valence-electron chi connectivity index (χ0n) is 9.77. The van der Waals surface area contributed by atoms with E-state index in [2.05, 4.69) is 4.74 Å². The van der Waals surface area contributed by atoms with E-state index in [-0.39, 0.29) is 0 Å². The minimum Gasteiger partial charge on any atom is -0.457 e. The molecule has 1 aliphatic carbocycles. The first-order valence-electron chi connectivity index (χ1n) is 5.81. The van der Waals surface area contributed by atoms with Crippen molar-refractivity contribution >= 4 is 16.1 Å². The first-order chi connectivity index (χ1) is 8.25. The third-order valence-corrected chi connectivity index (χ3v) is 3.70. The average molecular weight is 286 g/mol. The molecular formula is C10H16F2O5S. The maximum Gasteiger partial charge on any atom is 0.465 e. The van der Waals surface area contributed by atoms with E-state index in [1.807, 2.05) is 0 Å². The highest BCUT2D eigenvalue weighted by Gasteiger charge is 2.54. The van der Waals surface area contributed by atoms with Crippen molar-refractivity contribution in [2.24, 2.45) is 0 Å². The maximum atomic E-state index is 12.9. The number of ether oxygens (including phenoxy) is 1. The normalized spacial score (nSPS) is 19.9. The largest absolute Gasteiger partial charge is 0.465 e. The first-order valence-corrected chi connectivity index (χ1v) is 7.25. The van der Waals surface area contributed by atoms with E-state index in [0.29, 0.717) is 12.8 Å². The number of alkyl halides is 2. The standard InChI is InChI=1S/C10H16F2O5S/c11-10(12,18(14,15)16)9(13)17-8-6-4-2-1-3-5-7-8/h8H,1-7H2,(H,14,15,16). The molecule has 0 aromatic rings. The van der Waals surface area contributed by atoms with Crippen molar-refractivity contribution < 1.29 is 31.3 Å². The van der Waals surface area contributed by atoms with Crippen LogP contribution in [0.4, 0.5) is 8.78 Å². The van der Waals surface area contributed by atoms with Crippen LogP contribution in [0.5, 0.6) is 0 Å². The maximum absolute atomic E-state index is 12.9. The van der Waals surface area contributed by atoms with E-state index < -0.39 is 27.4 Å². The Hall–Kier alpha value is -0.760. The quantitative estimate of drug-likeness (QED) is 0.635. The topological polar surface area (TPSA) is 80.7 Å². The first kappa shape index (κ1) is 15.3. The highest BCUT2D eigenvalue weighted by atomic mass is 32.2. The Balaban J connectivity index is 2.63. The van der Waals surface area contributed by atoms with Crippen LogP contribution in [0.25, 0.3) is 0 Å². The molecule has 1 N–H and O–H groups in total. The lowest BCUT2D eigenvalue weighted by Gasteiger charge is -2.21. The van der Waals surface area contributed by atoms with Crippen LogP contribution in [0.15, 0.2) is 0 Å². The molecule has 106 valence electrons. The monoisotopic (exact) mass is 286 g/mol. The molecule has 0 aromatic carbocycles. The van der Waals surface area contributed by atoms with E-state index in [4.69, 9.17) is 4.55 Å². The van der Waals surface area contributed by atoms with E-state index in [1.54, 1.807) is 0 Å².